The second-order valence-corrected chi connectivity index (χ2v) is 7.19. The van der Waals surface area contributed by atoms with Crippen LogP contribution in [0, 0.1) is 22.1 Å². The van der Waals surface area contributed by atoms with E-state index in [1.807, 2.05) is 6.07 Å². The van der Waals surface area contributed by atoms with Crippen LogP contribution in [0.1, 0.15) is 22.8 Å². The first-order chi connectivity index (χ1) is 12.2. The Morgan fingerprint density at radius 2 is 2.04 bits per heavy atom. The van der Waals surface area contributed by atoms with Crippen molar-refractivity contribution in [3.05, 3.63) is 55.6 Å². The van der Waals surface area contributed by atoms with E-state index in [0.717, 1.165) is 15.2 Å². The molecule has 0 heterocycles. The third-order valence-electron chi connectivity index (χ3n) is 3.46. The maximum Gasteiger partial charge on any atom is 0.277 e. The van der Waals surface area contributed by atoms with E-state index < -0.39 is 28.7 Å². The minimum atomic E-state index is -1.28. The molecule has 26 heavy (non-hydrogen) atoms. The Morgan fingerprint density at radius 3 is 2.65 bits per heavy atom. The molecule has 9 heteroatoms. The van der Waals surface area contributed by atoms with Gasteiger partial charge in [-0.2, -0.15) is 0 Å². The summed E-state index contributed by atoms with van der Waals surface area (Å²) < 4.78 is 29.4. The van der Waals surface area contributed by atoms with Crippen molar-refractivity contribution in [2.75, 3.05) is 11.9 Å². The molecule has 0 aliphatic carbocycles. The standard InChI is InChI=1S/C17H16ClF2IN2O3/c1-8-5-10(21)3-4-13(8)22-16-11(6-12(18)14(19)15(16)20)17(25)23-26-9(2)7-24/h3-6,9,22,24H,7H2,1-2H3,(H,23,25). The van der Waals surface area contributed by atoms with Crippen molar-refractivity contribution in [2.45, 2.75) is 20.0 Å². The van der Waals surface area contributed by atoms with E-state index >= 15 is 0 Å². The third kappa shape index (κ3) is 4.81. The molecular weight excluding hydrogens is 481 g/mol. The van der Waals surface area contributed by atoms with E-state index in [-0.39, 0.29) is 17.9 Å². The highest BCUT2D eigenvalue weighted by molar-refractivity contribution is 14.1. The molecule has 1 atom stereocenters. The van der Waals surface area contributed by atoms with Crippen LogP contribution in [0.3, 0.4) is 0 Å². The Morgan fingerprint density at radius 1 is 1.35 bits per heavy atom. The molecule has 2 aromatic carbocycles. The summed E-state index contributed by atoms with van der Waals surface area (Å²) in [4.78, 5) is 17.2. The van der Waals surface area contributed by atoms with Gasteiger partial charge < -0.3 is 10.4 Å². The smallest absolute Gasteiger partial charge is 0.277 e. The van der Waals surface area contributed by atoms with Gasteiger partial charge in [0.2, 0.25) is 0 Å². The quantitative estimate of drug-likeness (QED) is 0.317. The summed E-state index contributed by atoms with van der Waals surface area (Å²) >= 11 is 7.80. The summed E-state index contributed by atoms with van der Waals surface area (Å²) in [5, 5.41) is 11.1. The fraction of sp³-hybridized carbons (Fsp3) is 0.235. The van der Waals surface area contributed by atoms with Crippen LogP contribution in [0.25, 0.3) is 0 Å². The normalized spacial score (nSPS) is 12.0. The zero-order chi connectivity index (χ0) is 19.4. The molecule has 0 spiro atoms. The molecule has 3 N–H and O–H groups in total. The number of rotatable bonds is 6. The van der Waals surface area contributed by atoms with Crippen LogP contribution < -0.4 is 10.8 Å². The van der Waals surface area contributed by atoms with Gasteiger partial charge in [-0.25, -0.2) is 14.3 Å². The molecule has 0 aliphatic heterocycles. The molecule has 0 bridgehead atoms. The van der Waals surface area contributed by atoms with E-state index in [0.29, 0.717) is 5.69 Å². The summed E-state index contributed by atoms with van der Waals surface area (Å²) in [6.07, 6.45) is -0.672. The van der Waals surface area contributed by atoms with Gasteiger partial charge in [0.15, 0.2) is 11.6 Å². The van der Waals surface area contributed by atoms with E-state index in [2.05, 4.69) is 33.4 Å². The number of aliphatic hydroxyl groups excluding tert-OH is 1. The number of carbonyl (C=O) groups is 1. The maximum absolute atomic E-state index is 14.5. The van der Waals surface area contributed by atoms with E-state index in [1.165, 1.54) is 6.92 Å². The van der Waals surface area contributed by atoms with Gasteiger partial charge in [0.05, 0.1) is 22.9 Å². The number of hydrogen-bond donors (Lipinski definition) is 3. The molecule has 2 rings (SSSR count). The Bertz CT molecular complexity index is 836. The Kier molecular flexibility index (Phi) is 7.16. The van der Waals surface area contributed by atoms with Gasteiger partial charge in [-0.05, 0) is 66.3 Å². The number of carbonyl (C=O) groups excluding carboxylic acids is 1. The second kappa shape index (κ2) is 8.94. The van der Waals surface area contributed by atoms with Crippen LogP contribution in [0.4, 0.5) is 20.2 Å². The second-order valence-electron chi connectivity index (χ2n) is 5.54. The van der Waals surface area contributed by atoms with Gasteiger partial charge in [0.1, 0.15) is 6.10 Å². The van der Waals surface area contributed by atoms with Crippen LogP contribution >= 0.6 is 34.2 Å². The molecule has 2 aromatic rings. The topological polar surface area (TPSA) is 70.6 Å². The number of benzene rings is 2. The van der Waals surface area contributed by atoms with Crippen molar-refractivity contribution in [2.24, 2.45) is 0 Å². The summed E-state index contributed by atoms with van der Waals surface area (Å²) in [5.74, 6) is -3.38. The third-order valence-corrected chi connectivity index (χ3v) is 4.41. The molecule has 5 nitrogen and oxygen atoms in total. The molecule has 1 amide bonds. The van der Waals surface area contributed by atoms with Crippen LogP contribution in [-0.2, 0) is 4.84 Å². The van der Waals surface area contributed by atoms with Gasteiger partial charge in [0.25, 0.3) is 5.91 Å². The summed E-state index contributed by atoms with van der Waals surface area (Å²) in [6.45, 7) is 2.98. The van der Waals surface area contributed by atoms with Crippen molar-refractivity contribution >= 4 is 51.5 Å². The molecule has 0 radical (unpaired) electrons. The highest BCUT2D eigenvalue weighted by Gasteiger charge is 2.23. The largest absolute Gasteiger partial charge is 0.394 e. The van der Waals surface area contributed by atoms with Gasteiger partial charge in [-0.1, -0.05) is 11.6 Å². The lowest BCUT2D eigenvalue weighted by Gasteiger charge is -2.17. The first kappa shape index (κ1) is 20.8. The number of halogens is 4. The van der Waals surface area contributed by atoms with Crippen molar-refractivity contribution in [1.29, 1.82) is 0 Å². The van der Waals surface area contributed by atoms with Crippen LogP contribution in [-0.4, -0.2) is 23.7 Å². The van der Waals surface area contributed by atoms with Crippen LogP contribution in [0.5, 0.6) is 0 Å². The predicted octanol–water partition coefficient (Wildman–Crippen LogP) is 4.32. The number of aryl methyl sites for hydroxylation is 1. The highest BCUT2D eigenvalue weighted by Crippen LogP contribution is 2.32. The van der Waals surface area contributed by atoms with Crippen molar-refractivity contribution in [3.63, 3.8) is 0 Å². The Balaban J connectivity index is 2.43. The van der Waals surface area contributed by atoms with E-state index in [1.54, 1.807) is 19.1 Å². The molecule has 0 aliphatic rings. The van der Waals surface area contributed by atoms with Crippen molar-refractivity contribution in [3.8, 4) is 0 Å². The molecule has 0 saturated heterocycles. The summed E-state index contributed by atoms with van der Waals surface area (Å²) in [6, 6.07) is 6.33. The number of nitrogens with one attached hydrogen (secondary N) is 2. The average molecular weight is 497 g/mol. The van der Waals surface area contributed by atoms with Gasteiger partial charge in [-0.15, -0.1) is 0 Å². The lowest BCUT2D eigenvalue weighted by atomic mass is 10.1. The molecular formula is C17H16ClF2IN2O3. The molecule has 0 fully saturated rings. The Hall–Kier alpha value is -1.49. The van der Waals surface area contributed by atoms with Gasteiger partial charge >= 0.3 is 0 Å². The number of amides is 1. The van der Waals surface area contributed by atoms with Crippen molar-refractivity contribution < 1.29 is 23.5 Å². The molecule has 0 saturated carbocycles. The van der Waals surface area contributed by atoms with Gasteiger partial charge in [0, 0.05) is 9.26 Å². The lowest BCUT2D eigenvalue weighted by Crippen LogP contribution is -2.30. The summed E-state index contributed by atoms with van der Waals surface area (Å²) in [5.41, 5.74) is 2.77. The average Bonchev–Trinajstić information content (AvgIpc) is 2.61. The molecule has 0 aromatic heterocycles. The van der Waals surface area contributed by atoms with E-state index in [4.69, 9.17) is 21.5 Å². The van der Waals surface area contributed by atoms with Gasteiger partial charge in [-0.3, -0.25) is 9.63 Å². The molecule has 1 unspecified atom stereocenters. The lowest BCUT2D eigenvalue weighted by molar-refractivity contribution is -0.0304. The zero-order valence-corrected chi connectivity index (χ0v) is 16.8. The summed E-state index contributed by atoms with van der Waals surface area (Å²) in [7, 11) is 0. The number of aliphatic hydroxyl groups is 1. The van der Waals surface area contributed by atoms with Crippen molar-refractivity contribution in [1.82, 2.24) is 5.48 Å². The Labute approximate surface area is 167 Å². The minimum absolute atomic E-state index is 0.239. The minimum Gasteiger partial charge on any atom is -0.394 e. The number of anilines is 2. The van der Waals surface area contributed by atoms with Crippen LogP contribution in [0.2, 0.25) is 5.02 Å². The zero-order valence-electron chi connectivity index (χ0n) is 13.9. The monoisotopic (exact) mass is 496 g/mol. The predicted molar refractivity (Wildman–Crippen MR) is 104 cm³/mol. The fourth-order valence-electron chi connectivity index (χ4n) is 2.04. The van der Waals surface area contributed by atoms with E-state index in [9.17, 15) is 13.6 Å². The van der Waals surface area contributed by atoms with Crippen LogP contribution in [0.15, 0.2) is 24.3 Å². The number of hydrogen-bond acceptors (Lipinski definition) is 4. The highest BCUT2D eigenvalue weighted by atomic mass is 127. The first-order valence-electron chi connectivity index (χ1n) is 7.52. The SMILES string of the molecule is Cc1cc(I)ccc1Nc1c(C(=O)NOC(C)CO)cc(Cl)c(F)c1F. The maximum atomic E-state index is 14.5. The number of hydroxylamine groups is 1. The fourth-order valence-corrected chi connectivity index (χ4v) is 2.88. The molecule has 140 valence electrons. The first-order valence-corrected chi connectivity index (χ1v) is 8.97.